The molecule has 1 unspecified atom stereocenters. The second kappa shape index (κ2) is 8.46. The first-order valence-electron chi connectivity index (χ1n) is 9.53. The molecule has 5 atom stereocenters. The van der Waals surface area contributed by atoms with Gasteiger partial charge in [-0.25, -0.2) is 4.79 Å². The highest BCUT2D eigenvalue weighted by molar-refractivity contribution is 8.03. The molecule has 3 heterocycles. The molecule has 2 fully saturated rings. The molecule has 0 bridgehead atoms. The zero-order valence-electron chi connectivity index (χ0n) is 17.2. The number of hydrogen-bond acceptors (Lipinski definition) is 8. The van der Waals surface area contributed by atoms with Crippen LogP contribution in [0.5, 0.6) is 0 Å². The lowest BCUT2D eigenvalue weighted by atomic mass is 9.83. The van der Waals surface area contributed by atoms with Crippen LogP contribution in [0.15, 0.2) is 15.7 Å². The van der Waals surface area contributed by atoms with Crippen LogP contribution in [0, 0.1) is 5.92 Å². The van der Waals surface area contributed by atoms with E-state index in [0.717, 1.165) is 8.72 Å². The maximum absolute atomic E-state index is 12.3. The number of aliphatic hydroxyl groups is 1. The van der Waals surface area contributed by atoms with Gasteiger partial charge in [0.25, 0.3) is 0 Å². The van der Waals surface area contributed by atoms with Crippen molar-refractivity contribution in [3.63, 3.8) is 0 Å². The first kappa shape index (κ1) is 23.0. The molecule has 0 spiro atoms. The number of nitrogens with one attached hydrogen (secondary N) is 1. The van der Waals surface area contributed by atoms with Gasteiger partial charge in [-0.3, -0.25) is 4.79 Å². The van der Waals surface area contributed by atoms with E-state index in [9.17, 15) is 28.2 Å². The van der Waals surface area contributed by atoms with Crippen LogP contribution in [-0.2, 0) is 19.8 Å². The maximum Gasteiger partial charge on any atom is 0.353 e. The van der Waals surface area contributed by atoms with E-state index in [1.165, 1.54) is 44.0 Å². The Morgan fingerprint density at radius 1 is 1.40 bits per heavy atom. The molecule has 168 valence electrons. The number of carbonyl (C=O) groups excluding carboxylic acids is 1. The summed E-state index contributed by atoms with van der Waals surface area (Å²) in [5, 5.41) is 26.7. The molecular formula is C17H27N5O6S2. The van der Waals surface area contributed by atoms with Crippen molar-refractivity contribution >= 4 is 40.1 Å². The van der Waals surface area contributed by atoms with Crippen LogP contribution in [0.1, 0.15) is 19.8 Å². The minimum atomic E-state index is -3.64. The van der Waals surface area contributed by atoms with Crippen LogP contribution < -0.4 is 5.32 Å². The van der Waals surface area contributed by atoms with E-state index in [1.54, 1.807) is 6.92 Å². The fourth-order valence-electron chi connectivity index (χ4n) is 3.94. The highest BCUT2D eigenvalue weighted by Gasteiger charge is 2.57. The second-order valence-electron chi connectivity index (χ2n) is 7.80. The van der Waals surface area contributed by atoms with Crippen molar-refractivity contribution in [1.82, 2.24) is 18.9 Å². The van der Waals surface area contributed by atoms with Crippen molar-refractivity contribution in [1.29, 1.82) is 0 Å². The molecule has 0 aromatic rings. The fourth-order valence-corrected chi connectivity index (χ4v) is 6.04. The van der Waals surface area contributed by atoms with Crippen LogP contribution in [0.25, 0.3) is 0 Å². The Morgan fingerprint density at radius 2 is 2.07 bits per heavy atom. The van der Waals surface area contributed by atoms with Crippen molar-refractivity contribution < 1.29 is 28.2 Å². The summed E-state index contributed by atoms with van der Waals surface area (Å²) in [5.41, 5.74) is 0.0147. The Bertz CT molecular complexity index is 887. The standard InChI is InChI=1S/C17H27N5O6S2/c1-9(23)14-12-6-13(15(17(25)26)22(12)16(14)24)29-11-5-10(18-8-11)7-19-21(4)30(27,28)20(2)3/h7,9-12,14,18,23H,5-6,8H2,1-4H3,(H,25,26)/t9?,10-,11-,12+,14+/m0/s1. The number of carboxylic acids is 1. The van der Waals surface area contributed by atoms with Gasteiger partial charge in [0.15, 0.2) is 0 Å². The van der Waals surface area contributed by atoms with Gasteiger partial charge >= 0.3 is 16.2 Å². The largest absolute Gasteiger partial charge is 0.477 e. The number of amides is 1. The number of fused-ring (bicyclic) bond motifs is 1. The van der Waals surface area contributed by atoms with Gasteiger partial charge in [-0.2, -0.15) is 22.2 Å². The number of aliphatic hydroxyl groups excluding tert-OH is 1. The predicted octanol–water partition coefficient (Wildman–Crippen LogP) is -0.918. The summed E-state index contributed by atoms with van der Waals surface area (Å²) in [6.45, 7) is 2.14. The van der Waals surface area contributed by atoms with Gasteiger partial charge < -0.3 is 20.4 Å². The number of carbonyl (C=O) groups is 2. The minimum absolute atomic E-state index is 0.0147. The SMILES string of the molecule is CC(O)[C@H]1C(=O)N2C(C(=O)O)=C(S[C@@H]3CN[C@H](C=NN(C)S(=O)(=O)N(C)C)C3)C[C@H]12. The maximum atomic E-state index is 12.3. The monoisotopic (exact) mass is 461 g/mol. The number of thioether (sulfide) groups is 1. The van der Waals surface area contributed by atoms with E-state index in [2.05, 4.69) is 10.4 Å². The molecule has 1 amide bonds. The number of rotatable bonds is 8. The van der Waals surface area contributed by atoms with Crippen LogP contribution >= 0.6 is 11.8 Å². The van der Waals surface area contributed by atoms with Crippen LogP contribution in [0.4, 0.5) is 0 Å². The van der Waals surface area contributed by atoms with Crippen LogP contribution in [0.3, 0.4) is 0 Å². The number of aliphatic carboxylic acids is 1. The molecule has 3 N–H and O–H groups in total. The third kappa shape index (κ3) is 4.08. The van der Waals surface area contributed by atoms with Crippen molar-refractivity contribution in [2.75, 3.05) is 27.7 Å². The molecule has 0 aromatic heterocycles. The van der Waals surface area contributed by atoms with Gasteiger partial charge in [0.1, 0.15) is 5.70 Å². The molecule has 2 saturated heterocycles. The number of hydrogen-bond donors (Lipinski definition) is 3. The van der Waals surface area contributed by atoms with Gasteiger partial charge in [-0.15, -0.1) is 11.8 Å². The Hall–Kier alpha value is -1.67. The molecular weight excluding hydrogens is 434 g/mol. The van der Waals surface area contributed by atoms with Gasteiger partial charge in [0, 0.05) is 56.5 Å². The first-order valence-corrected chi connectivity index (χ1v) is 11.8. The average molecular weight is 462 g/mol. The third-order valence-electron chi connectivity index (χ3n) is 5.53. The van der Waals surface area contributed by atoms with Crippen molar-refractivity contribution in [3.05, 3.63) is 10.6 Å². The van der Waals surface area contributed by atoms with E-state index in [1.807, 2.05) is 0 Å². The molecule has 30 heavy (non-hydrogen) atoms. The number of β-lactam (4-membered cyclic amide) rings is 1. The summed E-state index contributed by atoms with van der Waals surface area (Å²) < 4.78 is 26.0. The normalized spacial score (nSPS) is 30.2. The number of carboxylic acid groups (broad SMARTS) is 1. The predicted molar refractivity (Wildman–Crippen MR) is 112 cm³/mol. The van der Waals surface area contributed by atoms with E-state index in [0.29, 0.717) is 24.3 Å². The highest BCUT2D eigenvalue weighted by atomic mass is 32.2. The lowest BCUT2D eigenvalue weighted by Crippen LogP contribution is -2.61. The first-order chi connectivity index (χ1) is 13.9. The summed E-state index contributed by atoms with van der Waals surface area (Å²) in [5.74, 6) is -2.05. The van der Waals surface area contributed by atoms with Gasteiger partial charge in [0.2, 0.25) is 5.91 Å². The summed E-state index contributed by atoms with van der Waals surface area (Å²) in [7, 11) is 0.569. The smallest absolute Gasteiger partial charge is 0.353 e. The molecule has 3 aliphatic rings. The van der Waals surface area contributed by atoms with Gasteiger partial charge in [-0.05, 0) is 13.3 Å². The summed E-state index contributed by atoms with van der Waals surface area (Å²) in [6.07, 6.45) is 1.77. The van der Waals surface area contributed by atoms with Crippen LogP contribution in [-0.4, -0.2) is 101 Å². The van der Waals surface area contributed by atoms with Gasteiger partial charge in [0.05, 0.1) is 18.1 Å². The number of hydrazone groups is 1. The second-order valence-corrected chi connectivity index (χ2v) is 11.4. The molecule has 3 aliphatic heterocycles. The topological polar surface area (TPSA) is 143 Å². The Morgan fingerprint density at radius 3 is 2.63 bits per heavy atom. The summed E-state index contributed by atoms with van der Waals surface area (Å²) in [4.78, 5) is 26.0. The molecule has 0 aromatic carbocycles. The summed E-state index contributed by atoms with van der Waals surface area (Å²) in [6, 6.07) is -0.454. The Kier molecular flexibility index (Phi) is 6.49. The molecule has 0 aliphatic carbocycles. The molecule has 0 saturated carbocycles. The lowest BCUT2D eigenvalue weighted by Gasteiger charge is -2.44. The van der Waals surface area contributed by atoms with Gasteiger partial charge in [-0.1, -0.05) is 0 Å². The van der Waals surface area contributed by atoms with Crippen molar-refractivity contribution in [3.8, 4) is 0 Å². The molecule has 0 radical (unpaired) electrons. The fraction of sp³-hybridized carbons (Fsp3) is 0.706. The third-order valence-corrected chi connectivity index (χ3v) is 8.55. The Balaban J connectivity index is 1.64. The van der Waals surface area contributed by atoms with Crippen molar-refractivity contribution in [2.24, 2.45) is 11.0 Å². The minimum Gasteiger partial charge on any atom is -0.477 e. The molecule has 13 heteroatoms. The zero-order chi connectivity index (χ0) is 22.4. The quantitative estimate of drug-likeness (QED) is 0.239. The van der Waals surface area contributed by atoms with E-state index in [-0.39, 0.29) is 28.9 Å². The Labute approximate surface area is 179 Å². The van der Waals surface area contributed by atoms with E-state index >= 15 is 0 Å². The summed E-state index contributed by atoms with van der Waals surface area (Å²) >= 11 is 1.42. The highest BCUT2D eigenvalue weighted by Crippen LogP contribution is 2.48. The zero-order valence-corrected chi connectivity index (χ0v) is 18.9. The van der Waals surface area contributed by atoms with Crippen LogP contribution in [0.2, 0.25) is 0 Å². The molecule has 3 rings (SSSR count). The van der Waals surface area contributed by atoms with E-state index < -0.39 is 28.2 Å². The lowest BCUT2D eigenvalue weighted by molar-refractivity contribution is -0.161. The van der Waals surface area contributed by atoms with E-state index in [4.69, 9.17) is 0 Å². The molecule has 11 nitrogen and oxygen atoms in total. The number of nitrogens with zero attached hydrogens (tertiary/aromatic N) is 4. The average Bonchev–Trinajstić information content (AvgIpc) is 3.21. The van der Waals surface area contributed by atoms with Crippen molar-refractivity contribution in [2.45, 2.75) is 43.2 Å².